The molecular formula is C7H9ClN4O. The van der Waals surface area contributed by atoms with E-state index in [9.17, 15) is 4.91 Å². The van der Waals surface area contributed by atoms with Gasteiger partial charge in [-0.2, -0.15) is 0 Å². The number of hydrogen-bond acceptors (Lipinski definition) is 2. The average Bonchev–Trinajstić information content (AvgIpc) is 2.05. The van der Waals surface area contributed by atoms with Crippen molar-refractivity contribution in [2.45, 2.75) is 0 Å². The minimum atomic E-state index is 0. The monoisotopic (exact) mass is 200 g/mol. The van der Waals surface area contributed by atoms with E-state index in [1.54, 1.807) is 24.3 Å². The van der Waals surface area contributed by atoms with E-state index in [4.69, 9.17) is 11.5 Å². The highest BCUT2D eigenvalue weighted by atomic mass is 35.5. The first-order valence-corrected chi connectivity index (χ1v) is 3.30. The number of nitrogens with one attached hydrogen (secondary N) is 1. The number of nitrogens with zero attached hydrogens (tertiary/aromatic N) is 1. The second-order valence-electron chi connectivity index (χ2n) is 2.22. The van der Waals surface area contributed by atoms with Gasteiger partial charge in [0.2, 0.25) is 0 Å². The van der Waals surface area contributed by atoms with Crippen LogP contribution in [0.1, 0.15) is 0 Å². The fourth-order valence-electron chi connectivity index (χ4n) is 0.772. The zero-order chi connectivity index (χ0) is 8.97. The smallest absolute Gasteiger partial charge is 0.343 e. The summed E-state index contributed by atoms with van der Waals surface area (Å²) in [5.74, 6) is 0.113. The third kappa shape index (κ3) is 3.53. The number of benzene rings is 1. The number of hydrogen-bond donors (Lipinski definition) is 3. The summed E-state index contributed by atoms with van der Waals surface area (Å²) in [6.07, 6.45) is 0. The maximum atomic E-state index is 10.0. The molecule has 0 aliphatic heterocycles. The molecule has 0 bridgehead atoms. The molecule has 0 heterocycles. The molecule has 0 aliphatic carbocycles. The van der Waals surface area contributed by atoms with Crippen molar-refractivity contribution in [2.75, 3.05) is 0 Å². The van der Waals surface area contributed by atoms with Crippen molar-refractivity contribution < 1.29 is 17.4 Å². The number of guanidine groups is 1. The lowest BCUT2D eigenvalue weighted by Crippen LogP contribution is -3.00. The molecule has 1 aromatic carbocycles. The lowest BCUT2D eigenvalue weighted by Gasteiger charge is -1.91. The second-order valence-corrected chi connectivity index (χ2v) is 2.22. The van der Waals surface area contributed by atoms with Gasteiger partial charge in [-0.25, -0.2) is 4.99 Å². The summed E-state index contributed by atoms with van der Waals surface area (Å²) in [6.45, 7) is 0. The zero-order valence-corrected chi connectivity index (χ0v) is 7.45. The Morgan fingerprint density at radius 1 is 1.23 bits per heavy atom. The predicted molar refractivity (Wildman–Crippen MR) is 45.9 cm³/mol. The maximum Gasteiger partial charge on any atom is 0.343 e. The first kappa shape index (κ1) is 11.4. The van der Waals surface area contributed by atoms with Crippen LogP contribution in [0.25, 0.3) is 0 Å². The van der Waals surface area contributed by atoms with Gasteiger partial charge in [0.05, 0.1) is 5.69 Å². The molecule has 1 aromatic rings. The van der Waals surface area contributed by atoms with Crippen LogP contribution in [0.3, 0.4) is 0 Å². The molecule has 0 amide bonds. The topological polar surface area (TPSA) is 95.4 Å². The SMILES string of the molecule is NC(N)=[NH+]c1ccc(N=O)cc1.[Cl-]. The van der Waals surface area contributed by atoms with Gasteiger partial charge in [0.15, 0.2) is 0 Å². The summed E-state index contributed by atoms with van der Waals surface area (Å²) in [5, 5.41) is 2.74. The van der Waals surface area contributed by atoms with Crippen LogP contribution in [-0.2, 0) is 0 Å². The van der Waals surface area contributed by atoms with E-state index in [1.165, 1.54) is 0 Å². The van der Waals surface area contributed by atoms with Crippen molar-refractivity contribution in [3.05, 3.63) is 29.2 Å². The van der Waals surface area contributed by atoms with Crippen LogP contribution in [0, 0.1) is 4.91 Å². The summed E-state index contributed by atoms with van der Waals surface area (Å²) in [7, 11) is 0. The molecule has 13 heavy (non-hydrogen) atoms. The van der Waals surface area contributed by atoms with Crippen LogP contribution < -0.4 is 28.9 Å². The molecule has 5 N–H and O–H groups in total. The van der Waals surface area contributed by atoms with Crippen LogP contribution >= 0.6 is 0 Å². The molecule has 5 nitrogen and oxygen atoms in total. The Kier molecular flexibility index (Phi) is 4.47. The molecule has 0 spiro atoms. The Labute approximate surface area is 81.2 Å². The quantitative estimate of drug-likeness (QED) is 0.259. The van der Waals surface area contributed by atoms with E-state index in [0.717, 1.165) is 5.69 Å². The van der Waals surface area contributed by atoms with Crippen molar-refractivity contribution in [2.24, 2.45) is 16.6 Å². The zero-order valence-electron chi connectivity index (χ0n) is 6.70. The van der Waals surface area contributed by atoms with Gasteiger partial charge in [-0.05, 0) is 29.4 Å². The normalized spacial score (nSPS) is 8.31. The van der Waals surface area contributed by atoms with Gasteiger partial charge in [-0.1, -0.05) is 0 Å². The highest BCUT2D eigenvalue weighted by Crippen LogP contribution is 2.11. The predicted octanol–water partition coefficient (Wildman–Crippen LogP) is -3.93. The number of nitroso groups, excluding NO2 is 1. The molecule has 0 atom stereocenters. The van der Waals surface area contributed by atoms with Gasteiger partial charge in [-0.3, -0.25) is 11.5 Å². The summed E-state index contributed by atoms with van der Waals surface area (Å²) < 4.78 is 0. The third-order valence-electron chi connectivity index (χ3n) is 1.26. The first-order valence-electron chi connectivity index (χ1n) is 3.30. The molecule has 1 rings (SSSR count). The summed E-state index contributed by atoms with van der Waals surface area (Å²) in [6, 6.07) is 6.46. The molecule has 0 fully saturated rings. The molecular weight excluding hydrogens is 192 g/mol. The summed E-state index contributed by atoms with van der Waals surface area (Å²) in [5.41, 5.74) is 11.5. The minimum absolute atomic E-state index is 0. The van der Waals surface area contributed by atoms with Crippen LogP contribution in [0.4, 0.5) is 11.4 Å². The van der Waals surface area contributed by atoms with Crippen molar-refractivity contribution in [1.29, 1.82) is 0 Å². The van der Waals surface area contributed by atoms with Crippen LogP contribution in [0.2, 0.25) is 0 Å². The van der Waals surface area contributed by atoms with Gasteiger partial charge in [-0.15, -0.1) is 4.91 Å². The Morgan fingerprint density at radius 3 is 2.15 bits per heavy atom. The summed E-state index contributed by atoms with van der Waals surface area (Å²) >= 11 is 0. The lowest BCUT2D eigenvalue weighted by atomic mass is 10.3. The van der Waals surface area contributed by atoms with E-state index in [1.807, 2.05) is 0 Å². The third-order valence-corrected chi connectivity index (χ3v) is 1.26. The molecule has 0 saturated heterocycles. The van der Waals surface area contributed by atoms with Gasteiger partial charge < -0.3 is 12.4 Å². The Bertz CT molecular complexity index is 305. The van der Waals surface area contributed by atoms with Crippen molar-refractivity contribution in [3.8, 4) is 0 Å². The highest BCUT2D eigenvalue weighted by molar-refractivity contribution is 5.70. The molecule has 70 valence electrons. The van der Waals surface area contributed by atoms with Crippen molar-refractivity contribution in [1.82, 2.24) is 0 Å². The molecule has 0 unspecified atom stereocenters. The van der Waals surface area contributed by atoms with E-state index in [2.05, 4.69) is 10.2 Å². The number of rotatable bonds is 2. The van der Waals surface area contributed by atoms with E-state index >= 15 is 0 Å². The molecule has 6 heteroatoms. The number of nitrogens with two attached hydrogens (primary N) is 2. The second kappa shape index (κ2) is 5.10. The van der Waals surface area contributed by atoms with Crippen LogP contribution in [0.5, 0.6) is 0 Å². The molecule has 0 saturated carbocycles. The van der Waals surface area contributed by atoms with E-state index in [-0.39, 0.29) is 18.4 Å². The Hall–Kier alpha value is -1.62. The largest absolute Gasteiger partial charge is 1.00 e. The first-order chi connectivity index (χ1) is 5.72. The Morgan fingerprint density at radius 2 is 1.77 bits per heavy atom. The fraction of sp³-hybridized carbons (Fsp3) is 0. The fourth-order valence-corrected chi connectivity index (χ4v) is 0.772. The highest BCUT2D eigenvalue weighted by Gasteiger charge is 1.93. The molecule has 0 aliphatic rings. The van der Waals surface area contributed by atoms with Crippen LogP contribution in [0.15, 0.2) is 29.4 Å². The van der Waals surface area contributed by atoms with E-state index < -0.39 is 0 Å². The lowest BCUT2D eigenvalue weighted by molar-refractivity contribution is -0.356. The average molecular weight is 201 g/mol. The maximum absolute atomic E-state index is 10.0. The summed E-state index contributed by atoms with van der Waals surface area (Å²) in [4.78, 5) is 12.7. The van der Waals surface area contributed by atoms with Crippen molar-refractivity contribution in [3.63, 3.8) is 0 Å². The Balaban J connectivity index is 0.00000144. The molecule has 0 radical (unpaired) electrons. The van der Waals surface area contributed by atoms with Gasteiger partial charge >= 0.3 is 5.96 Å². The van der Waals surface area contributed by atoms with Crippen LogP contribution in [-0.4, -0.2) is 5.96 Å². The number of halogens is 1. The minimum Gasteiger partial charge on any atom is -1.00 e. The van der Waals surface area contributed by atoms with E-state index in [0.29, 0.717) is 5.69 Å². The van der Waals surface area contributed by atoms with Gasteiger partial charge in [0.1, 0.15) is 5.69 Å². The van der Waals surface area contributed by atoms with Gasteiger partial charge in [0.25, 0.3) is 0 Å². The van der Waals surface area contributed by atoms with Gasteiger partial charge in [0, 0.05) is 0 Å². The van der Waals surface area contributed by atoms with Crippen molar-refractivity contribution >= 4 is 17.3 Å². The molecule has 0 aromatic heterocycles. The standard InChI is InChI=1S/C7H8N4O.ClH/c8-7(9)10-5-1-3-6(11-12)4-2-5;/h1-4H,(H4,8,9,10);1H.